The number of nitrogens with zero attached hydrogens (tertiary/aromatic N) is 2. The van der Waals surface area contributed by atoms with E-state index in [1.807, 2.05) is 0 Å². The molecule has 12 heteroatoms. The van der Waals surface area contributed by atoms with Crippen LogP contribution >= 0.6 is 11.5 Å². The zero-order chi connectivity index (χ0) is 15.7. The predicted molar refractivity (Wildman–Crippen MR) is 68.0 cm³/mol. The van der Waals surface area contributed by atoms with E-state index in [4.69, 9.17) is 10.8 Å². The molecule has 1 rings (SSSR count). The van der Waals surface area contributed by atoms with Crippen molar-refractivity contribution in [2.75, 3.05) is 31.7 Å². The lowest BCUT2D eigenvalue weighted by molar-refractivity contribution is -0.198. The van der Waals surface area contributed by atoms with E-state index in [-0.39, 0.29) is 10.8 Å². The minimum Gasteiger partial charge on any atom is -0.382 e. The largest absolute Gasteiger partial charge is 0.416 e. The van der Waals surface area contributed by atoms with Gasteiger partial charge in [-0.25, -0.2) is 12.7 Å². The van der Waals surface area contributed by atoms with Crippen LogP contribution in [-0.2, 0) is 10.0 Å². The van der Waals surface area contributed by atoms with Crippen LogP contribution in [0.25, 0.3) is 0 Å². The number of hydrogen-bond donors (Lipinski definition) is 3. The van der Waals surface area contributed by atoms with Crippen molar-refractivity contribution in [3.05, 3.63) is 0 Å². The highest BCUT2D eigenvalue weighted by atomic mass is 32.2. The van der Waals surface area contributed by atoms with Gasteiger partial charge >= 0.3 is 6.18 Å². The number of aromatic nitrogens is 1. The van der Waals surface area contributed by atoms with Crippen molar-refractivity contribution in [2.45, 2.75) is 17.2 Å². The molecule has 20 heavy (non-hydrogen) atoms. The van der Waals surface area contributed by atoms with Crippen LogP contribution in [-0.4, -0.2) is 55.1 Å². The molecule has 0 saturated carbocycles. The standard InChI is InChI=1S/C8H13F3N4O3S2/c1-15(2)20(17,18)5-6(12)14-19-7(5)13-3-4(16)8(9,10)11/h4,13,16H,3H2,1-2H3,(H2,12,14). The van der Waals surface area contributed by atoms with Gasteiger partial charge in [0.05, 0.1) is 6.54 Å². The average Bonchev–Trinajstić information content (AvgIpc) is 2.66. The number of rotatable bonds is 5. The van der Waals surface area contributed by atoms with Gasteiger partial charge in [-0.3, -0.25) is 0 Å². The number of nitrogens with two attached hydrogens (primary N) is 1. The monoisotopic (exact) mass is 334 g/mol. The Morgan fingerprint density at radius 2 is 2.05 bits per heavy atom. The zero-order valence-corrected chi connectivity index (χ0v) is 12.1. The second-order valence-corrected chi connectivity index (χ2v) is 6.81. The zero-order valence-electron chi connectivity index (χ0n) is 10.5. The molecule has 0 aliphatic heterocycles. The Balaban J connectivity index is 3.00. The first-order valence-corrected chi connectivity index (χ1v) is 7.35. The number of halogens is 3. The molecule has 0 aromatic carbocycles. The maximum absolute atomic E-state index is 12.2. The molecule has 4 N–H and O–H groups in total. The number of hydrogen-bond acceptors (Lipinski definition) is 7. The summed E-state index contributed by atoms with van der Waals surface area (Å²) >= 11 is 0.603. The van der Waals surface area contributed by atoms with Gasteiger partial charge in [0.2, 0.25) is 10.0 Å². The van der Waals surface area contributed by atoms with Gasteiger partial charge < -0.3 is 16.2 Å². The summed E-state index contributed by atoms with van der Waals surface area (Å²) in [5, 5.41) is 10.9. The van der Waals surface area contributed by atoms with Crippen LogP contribution < -0.4 is 11.1 Å². The molecule has 0 saturated heterocycles. The lowest BCUT2D eigenvalue weighted by atomic mass is 10.3. The summed E-state index contributed by atoms with van der Waals surface area (Å²) in [6.07, 6.45) is -7.43. The van der Waals surface area contributed by atoms with Crippen molar-refractivity contribution in [2.24, 2.45) is 0 Å². The third-order valence-corrected chi connectivity index (χ3v) is 5.09. The molecule has 0 bridgehead atoms. The molecular weight excluding hydrogens is 321 g/mol. The Kier molecular flexibility index (Phi) is 4.84. The van der Waals surface area contributed by atoms with Crippen LogP contribution in [0.5, 0.6) is 0 Å². The van der Waals surface area contributed by atoms with Gasteiger partial charge in [0.25, 0.3) is 0 Å². The van der Waals surface area contributed by atoms with E-state index in [0.29, 0.717) is 11.5 Å². The van der Waals surface area contributed by atoms with Gasteiger partial charge in [0.1, 0.15) is 5.00 Å². The number of alkyl halides is 3. The van der Waals surface area contributed by atoms with E-state index in [0.717, 1.165) is 4.31 Å². The topological polar surface area (TPSA) is 109 Å². The predicted octanol–water partition coefficient (Wildman–Crippen LogP) is 0.311. The van der Waals surface area contributed by atoms with Crippen LogP contribution in [0.2, 0.25) is 0 Å². The Hall–Kier alpha value is -1.11. The van der Waals surface area contributed by atoms with Gasteiger partial charge in [0, 0.05) is 14.1 Å². The molecular formula is C8H13F3N4O3S2. The number of sulfonamides is 1. The van der Waals surface area contributed by atoms with E-state index in [9.17, 15) is 21.6 Å². The van der Waals surface area contributed by atoms with Crippen LogP contribution in [0.4, 0.5) is 24.0 Å². The molecule has 0 spiro atoms. The van der Waals surface area contributed by atoms with Crippen molar-refractivity contribution in [3.63, 3.8) is 0 Å². The summed E-state index contributed by atoms with van der Waals surface area (Å²) in [5.74, 6) is -0.312. The summed E-state index contributed by atoms with van der Waals surface area (Å²) in [7, 11) is -1.45. The van der Waals surface area contributed by atoms with Crippen molar-refractivity contribution < 1.29 is 26.7 Å². The fourth-order valence-electron chi connectivity index (χ4n) is 1.14. The van der Waals surface area contributed by atoms with Gasteiger partial charge in [0.15, 0.2) is 16.8 Å². The third kappa shape index (κ3) is 3.50. The van der Waals surface area contributed by atoms with Crippen molar-refractivity contribution in [3.8, 4) is 0 Å². The highest BCUT2D eigenvalue weighted by Crippen LogP contribution is 2.33. The molecule has 1 heterocycles. The number of nitrogen functional groups attached to an aromatic ring is 1. The van der Waals surface area contributed by atoms with E-state index in [1.165, 1.54) is 14.1 Å². The molecule has 0 aliphatic rings. The van der Waals surface area contributed by atoms with Crippen LogP contribution in [0.15, 0.2) is 4.90 Å². The summed E-state index contributed by atoms with van der Waals surface area (Å²) in [6.45, 7) is -0.902. The first kappa shape index (κ1) is 16.9. The second-order valence-electron chi connectivity index (χ2n) is 3.95. The van der Waals surface area contributed by atoms with Gasteiger partial charge in [-0.15, -0.1) is 0 Å². The molecule has 0 fully saturated rings. The number of anilines is 2. The SMILES string of the molecule is CN(C)S(=O)(=O)c1c(N)nsc1NCC(O)C(F)(F)F. The molecule has 1 aromatic heterocycles. The number of nitrogens with one attached hydrogen (secondary N) is 1. The lowest BCUT2D eigenvalue weighted by Gasteiger charge is -2.16. The second kappa shape index (κ2) is 5.71. The summed E-state index contributed by atoms with van der Waals surface area (Å²) in [4.78, 5) is -0.401. The third-order valence-electron chi connectivity index (χ3n) is 2.25. The van der Waals surface area contributed by atoms with Gasteiger partial charge in [-0.2, -0.15) is 17.5 Å². The smallest absolute Gasteiger partial charge is 0.382 e. The summed E-state index contributed by atoms with van der Waals surface area (Å²) < 4.78 is 64.9. The number of aliphatic hydroxyl groups is 1. The van der Waals surface area contributed by atoms with E-state index >= 15 is 0 Å². The molecule has 7 nitrogen and oxygen atoms in total. The van der Waals surface area contributed by atoms with Crippen molar-refractivity contribution in [1.29, 1.82) is 0 Å². The molecule has 0 aliphatic carbocycles. The first-order valence-electron chi connectivity index (χ1n) is 5.14. The van der Waals surface area contributed by atoms with Crippen LogP contribution in [0, 0.1) is 0 Å². The molecule has 1 unspecified atom stereocenters. The van der Waals surface area contributed by atoms with E-state index in [1.54, 1.807) is 0 Å². The van der Waals surface area contributed by atoms with E-state index in [2.05, 4.69) is 9.69 Å². The Morgan fingerprint density at radius 1 is 1.50 bits per heavy atom. The lowest BCUT2D eigenvalue weighted by Crippen LogP contribution is -2.35. The highest BCUT2D eigenvalue weighted by molar-refractivity contribution is 7.89. The first-order chi connectivity index (χ1) is 8.98. The molecule has 0 radical (unpaired) electrons. The van der Waals surface area contributed by atoms with E-state index < -0.39 is 33.7 Å². The summed E-state index contributed by atoms with van der Waals surface area (Å²) in [5.41, 5.74) is 5.43. The fourth-order valence-corrected chi connectivity index (χ4v) is 3.23. The fraction of sp³-hybridized carbons (Fsp3) is 0.625. The normalized spacial score (nSPS) is 14.6. The summed E-state index contributed by atoms with van der Waals surface area (Å²) in [6, 6.07) is 0. The molecule has 1 atom stereocenters. The Bertz CT molecular complexity index is 570. The molecule has 1 aromatic rings. The Morgan fingerprint density at radius 3 is 2.50 bits per heavy atom. The quantitative estimate of drug-likeness (QED) is 0.715. The van der Waals surface area contributed by atoms with Crippen LogP contribution in [0.1, 0.15) is 0 Å². The highest BCUT2D eigenvalue weighted by Gasteiger charge is 2.38. The van der Waals surface area contributed by atoms with Crippen molar-refractivity contribution >= 4 is 32.4 Å². The Labute approximate surface area is 117 Å². The number of aliphatic hydroxyl groups excluding tert-OH is 1. The maximum Gasteiger partial charge on any atom is 0.416 e. The van der Waals surface area contributed by atoms with Crippen molar-refractivity contribution in [1.82, 2.24) is 8.68 Å². The minimum absolute atomic E-state index is 0.153. The molecule has 116 valence electrons. The van der Waals surface area contributed by atoms with Crippen LogP contribution in [0.3, 0.4) is 0 Å². The minimum atomic E-state index is -4.80. The van der Waals surface area contributed by atoms with Gasteiger partial charge in [-0.05, 0) is 11.5 Å². The maximum atomic E-state index is 12.2. The molecule has 0 amide bonds. The average molecular weight is 334 g/mol. The van der Waals surface area contributed by atoms with Gasteiger partial charge in [-0.1, -0.05) is 0 Å².